The van der Waals surface area contributed by atoms with Crippen molar-refractivity contribution in [3.05, 3.63) is 16.1 Å². The number of carbonyl (C=O) groups excluding carboxylic acids is 1. The van der Waals surface area contributed by atoms with E-state index in [1.54, 1.807) is 11.3 Å². The van der Waals surface area contributed by atoms with Gasteiger partial charge in [0.1, 0.15) is 5.01 Å². The topological polar surface area (TPSA) is 36.4 Å². The number of thiazole rings is 1. The molecule has 1 saturated carbocycles. The normalized spacial score (nSPS) is 20.8. The molecular formula is C20H33N3OS. The molecule has 1 aliphatic carbocycles. The molecule has 1 aromatic rings. The first-order valence-electron chi connectivity index (χ1n) is 9.87. The first kappa shape index (κ1) is 18.8. The van der Waals surface area contributed by atoms with Crippen LogP contribution in [-0.4, -0.2) is 46.9 Å². The average Bonchev–Trinajstić information content (AvgIpc) is 3.05. The first-order valence-corrected chi connectivity index (χ1v) is 10.7. The highest BCUT2D eigenvalue weighted by molar-refractivity contribution is 7.09. The second-order valence-electron chi connectivity index (χ2n) is 8.74. The van der Waals surface area contributed by atoms with Gasteiger partial charge in [-0.05, 0) is 18.8 Å². The van der Waals surface area contributed by atoms with Gasteiger partial charge >= 0.3 is 0 Å². The van der Waals surface area contributed by atoms with Gasteiger partial charge in [-0.2, -0.15) is 0 Å². The summed E-state index contributed by atoms with van der Waals surface area (Å²) in [5.41, 5.74) is 1.31. The molecular weight excluding hydrogens is 330 g/mol. The van der Waals surface area contributed by atoms with Crippen LogP contribution in [0.5, 0.6) is 0 Å². The van der Waals surface area contributed by atoms with Crippen molar-refractivity contribution >= 4 is 17.2 Å². The van der Waals surface area contributed by atoms with Crippen molar-refractivity contribution in [3.8, 4) is 0 Å². The molecule has 1 amide bonds. The smallest absolute Gasteiger partial charge is 0.222 e. The Bertz CT molecular complexity index is 564. The zero-order valence-electron chi connectivity index (χ0n) is 16.1. The number of amides is 1. The Balaban J connectivity index is 1.43. The van der Waals surface area contributed by atoms with E-state index in [1.807, 2.05) is 0 Å². The molecule has 0 spiro atoms. The number of nitrogens with zero attached hydrogens (tertiary/aromatic N) is 3. The molecule has 3 rings (SSSR count). The lowest BCUT2D eigenvalue weighted by molar-refractivity contribution is -0.134. The van der Waals surface area contributed by atoms with Gasteiger partial charge in [0.15, 0.2) is 0 Å². The third-order valence-electron chi connectivity index (χ3n) is 5.59. The Labute approximate surface area is 156 Å². The Morgan fingerprint density at radius 3 is 2.44 bits per heavy atom. The van der Waals surface area contributed by atoms with Crippen molar-refractivity contribution in [2.45, 2.75) is 71.3 Å². The fourth-order valence-electron chi connectivity index (χ4n) is 3.84. The van der Waals surface area contributed by atoms with E-state index in [9.17, 15) is 4.79 Å². The van der Waals surface area contributed by atoms with Crippen molar-refractivity contribution in [1.82, 2.24) is 14.8 Å². The zero-order chi connectivity index (χ0) is 17.9. The number of rotatable bonds is 4. The maximum absolute atomic E-state index is 12.5. The molecule has 2 fully saturated rings. The third-order valence-corrected chi connectivity index (χ3v) is 6.43. The molecule has 1 saturated heterocycles. The summed E-state index contributed by atoms with van der Waals surface area (Å²) in [6, 6.07) is 0. The molecule has 0 bridgehead atoms. The van der Waals surface area contributed by atoms with Crippen LogP contribution in [0.3, 0.4) is 0 Å². The van der Waals surface area contributed by atoms with Gasteiger partial charge in [-0.15, -0.1) is 11.3 Å². The summed E-state index contributed by atoms with van der Waals surface area (Å²) < 4.78 is 0. The molecule has 0 aromatic carbocycles. The lowest BCUT2D eigenvalue weighted by Crippen LogP contribution is -2.48. The van der Waals surface area contributed by atoms with Crippen LogP contribution in [0.4, 0.5) is 0 Å². The van der Waals surface area contributed by atoms with Crippen molar-refractivity contribution in [3.63, 3.8) is 0 Å². The Hall–Kier alpha value is -0.940. The average molecular weight is 364 g/mol. The Kier molecular flexibility index (Phi) is 6.16. The van der Waals surface area contributed by atoms with E-state index in [0.29, 0.717) is 11.8 Å². The number of piperazine rings is 1. The van der Waals surface area contributed by atoms with Crippen LogP contribution in [-0.2, 0) is 16.8 Å². The van der Waals surface area contributed by atoms with Gasteiger partial charge in [0.05, 0.1) is 12.2 Å². The summed E-state index contributed by atoms with van der Waals surface area (Å²) in [6.07, 6.45) is 7.28. The molecule has 1 aliphatic heterocycles. The van der Waals surface area contributed by atoms with E-state index >= 15 is 0 Å². The largest absolute Gasteiger partial charge is 0.340 e. The maximum atomic E-state index is 12.5. The maximum Gasteiger partial charge on any atom is 0.222 e. The number of aromatic nitrogens is 1. The summed E-state index contributed by atoms with van der Waals surface area (Å²) in [5, 5.41) is 3.39. The monoisotopic (exact) mass is 363 g/mol. The van der Waals surface area contributed by atoms with Gasteiger partial charge in [-0.25, -0.2) is 4.98 Å². The fourth-order valence-corrected chi connectivity index (χ4v) is 4.90. The van der Waals surface area contributed by atoms with Crippen LogP contribution >= 0.6 is 11.3 Å². The highest BCUT2D eigenvalue weighted by Gasteiger charge is 2.25. The molecule has 2 heterocycles. The van der Waals surface area contributed by atoms with Crippen LogP contribution < -0.4 is 0 Å². The standard InChI is InChI=1S/C20H33N3OS/c1-20(2,3)17-15-25-18(21-17)14-22-9-11-23(12-10-22)19(24)13-16-7-5-4-6-8-16/h15-16H,4-14H2,1-3H3. The molecule has 25 heavy (non-hydrogen) atoms. The predicted molar refractivity (Wildman–Crippen MR) is 104 cm³/mol. The van der Waals surface area contributed by atoms with Gasteiger partial charge < -0.3 is 4.90 Å². The number of carbonyl (C=O) groups is 1. The summed E-state index contributed by atoms with van der Waals surface area (Å²) in [5.74, 6) is 1.03. The quantitative estimate of drug-likeness (QED) is 0.809. The van der Waals surface area contributed by atoms with E-state index in [1.165, 1.54) is 42.8 Å². The number of hydrogen-bond acceptors (Lipinski definition) is 4. The van der Waals surface area contributed by atoms with Gasteiger partial charge in [0.2, 0.25) is 5.91 Å². The van der Waals surface area contributed by atoms with Crippen LogP contribution in [0.2, 0.25) is 0 Å². The van der Waals surface area contributed by atoms with Crippen molar-refractivity contribution in [2.75, 3.05) is 26.2 Å². The summed E-state index contributed by atoms with van der Waals surface area (Å²) in [6.45, 7) is 11.3. The van der Waals surface area contributed by atoms with E-state index < -0.39 is 0 Å². The molecule has 1 aromatic heterocycles. The first-order chi connectivity index (χ1) is 11.9. The molecule has 2 aliphatic rings. The van der Waals surface area contributed by atoms with Crippen molar-refractivity contribution in [2.24, 2.45) is 5.92 Å². The lowest BCUT2D eigenvalue weighted by atomic mass is 9.86. The molecule has 0 N–H and O–H groups in total. The van der Waals surface area contributed by atoms with Gasteiger partial charge in [0, 0.05) is 43.4 Å². The third kappa shape index (κ3) is 5.27. The minimum Gasteiger partial charge on any atom is -0.340 e. The van der Waals surface area contributed by atoms with Gasteiger partial charge in [0.25, 0.3) is 0 Å². The lowest BCUT2D eigenvalue weighted by Gasteiger charge is -2.35. The molecule has 0 unspecified atom stereocenters. The summed E-state index contributed by atoms with van der Waals surface area (Å²) in [7, 11) is 0. The molecule has 140 valence electrons. The Morgan fingerprint density at radius 1 is 1.16 bits per heavy atom. The minimum absolute atomic E-state index is 0.124. The highest BCUT2D eigenvalue weighted by Crippen LogP contribution is 2.27. The SMILES string of the molecule is CC(C)(C)c1csc(CN2CCN(C(=O)CC3CCCCC3)CC2)n1. The van der Waals surface area contributed by atoms with E-state index in [4.69, 9.17) is 4.98 Å². The van der Waals surface area contributed by atoms with Gasteiger partial charge in [-0.3, -0.25) is 9.69 Å². The van der Waals surface area contributed by atoms with E-state index in [2.05, 4.69) is 36.0 Å². The predicted octanol–water partition coefficient (Wildman–Crippen LogP) is 4.06. The van der Waals surface area contributed by atoms with Crippen LogP contribution in [0.25, 0.3) is 0 Å². The second-order valence-corrected chi connectivity index (χ2v) is 9.68. The van der Waals surface area contributed by atoms with E-state index in [-0.39, 0.29) is 5.41 Å². The van der Waals surface area contributed by atoms with Crippen LogP contribution in [0.1, 0.15) is 70.0 Å². The minimum atomic E-state index is 0.124. The van der Waals surface area contributed by atoms with E-state index in [0.717, 1.165) is 39.1 Å². The van der Waals surface area contributed by atoms with Crippen molar-refractivity contribution in [1.29, 1.82) is 0 Å². The zero-order valence-corrected chi connectivity index (χ0v) is 16.9. The highest BCUT2D eigenvalue weighted by atomic mass is 32.1. The molecule has 0 atom stereocenters. The molecule has 5 heteroatoms. The number of hydrogen-bond donors (Lipinski definition) is 0. The van der Waals surface area contributed by atoms with Crippen LogP contribution in [0, 0.1) is 5.92 Å². The van der Waals surface area contributed by atoms with Crippen molar-refractivity contribution < 1.29 is 4.79 Å². The second kappa shape index (κ2) is 8.17. The Morgan fingerprint density at radius 2 is 1.84 bits per heavy atom. The summed E-state index contributed by atoms with van der Waals surface area (Å²) in [4.78, 5) is 21.9. The molecule has 0 radical (unpaired) electrons. The van der Waals surface area contributed by atoms with Crippen LogP contribution in [0.15, 0.2) is 5.38 Å². The summed E-state index contributed by atoms with van der Waals surface area (Å²) >= 11 is 1.77. The molecule has 4 nitrogen and oxygen atoms in total. The fraction of sp³-hybridized carbons (Fsp3) is 0.800. The van der Waals surface area contributed by atoms with Gasteiger partial charge in [-0.1, -0.05) is 40.0 Å².